The molecule has 0 atom stereocenters. The fourth-order valence-electron chi connectivity index (χ4n) is 2.64. The summed E-state index contributed by atoms with van der Waals surface area (Å²) in [5, 5.41) is 8.52. The summed E-state index contributed by atoms with van der Waals surface area (Å²) in [7, 11) is -3.64. The number of nitrogens with one attached hydrogen (secondary N) is 1. The summed E-state index contributed by atoms with van der Waals surface area (Å²) >= 11 is 3.40. The maximum atomic E-state index is 11.3. The van der Waals surface area contributed by atoms with Crippen LogP contribution >= 0.6 is 15.9 Å². The summed E-state index contributed by atoms with van der Waals surface area (Å²) in [6, 6.07) is 4.85. The molecule has 0 aliphatic heterocycles. The van der Waals surface area contributed by atoms with Gasteiger partial charge in [0.15, 0.2) is 0 Å². The van der Waals surface area contributed by atoms with Crippen molar-refractivity contribution in [3.8, 4) is 0 Å². The van der Waals surface area contributed by atoms with Crippen LogP contribution in [0.3, 0.4) is 0 Å². The molecule has 1 aliphatic carbocycles. The molecule has 0 spiro atoms. The molecule has 0 radical (unpaired) electrons. The zero-order valence-electron chi connectivity index (χ0n) is 11.4. The Morgan fingerprint density at radius 3 is 2.40 bits per heavy atom. The van der Waals surface area contributed by atoms with Crippen LogP contribution < -0.4 is 10.5 Å². The van der Waals surface area contributed by atoms with Crippen LogP contribution in [-0.2, 0) is 10.0 Å². The first-order valence-corrected chi connectivity index (χ1v) is 9.37. The second-order valence-corrected chi connectivity index (χ2v) is 7.84. The summed E-state index contributed by atoms with van der Waals surface area (Å²) in [6.07, 6.45) is 7.89. The molecule has 0 bridgehead atoms. The van der Waals surface area contributed by atoms with E-state index < -0.39 is 10.0 Å². The van der Waals surface area contributed by atoms with Crippen molar-refractivity contribution in [1.82, 2.24) is 0 Å². The lowest BCUT2D eigenvalue weighted by molar-refractivity contribution is 0.483. The molecule has 20 heavy (non-hydrogen) atoms. The monoisotopic (exact) mass is 360 g/mol. The van der Waals surface area contributed by atoms with E-state index in [4.69, 9.17) is 5.14 Å². The number of sulfonamides is 1. The maximum absolute atomic E-state index is 11.3. The number of halogens is 1. The minimum absolute atomic E-state index is 0.129. The highest BCUT2D eigenvalue weighted by Gasteiger charge is 2.14. The van der Waals surface area contributed by atoms with Crippen LogP contribution in [0.1, 0.15) is 38.5 Å². The Hall–Kier alpha value is -0.590. The summed E-state index contributed by atoms with van der Waals surface area (Å²) in [5.74, 6) is 0.710. The van der Waals surface area contributed by atoms with Gasteiger partial charge in [0.05, 0.1) is 4.90 Å². The van der Waals surface area contributed by atoms with Gasteiger partial charge in [0, 0.05) is 16.7 Å². The van der Waals surface area contributed by atoms with Gasteiger partial charge in [-0.2, -0.15) is 0 Å². The molecule has 1 aromatic rings. The minimum Gasteiger partial charge on any atom is -0.384 e. The molecular weight excluding hydrogens is 340 g/mol. The molecule has 112 valence electrons. The van der Waals surface area contributed by atoms with E-state index in [2.05, 4.69) is 21.2 Å². The van der Waals surface area contributed by atoms with Crippen molar-refractivity contribution in [3.05, 3.63) is 22.7 Å². The summed E-state index contributed by atoms with van der Waals surface area (Å²) in [4.78, 5) is 0.129. The van der Waals surface area contributed by atoms with E-state index in [-0.39, 0.29) is 4.90 Å². The number of primary sulfonamides is 1. The van der Waals surface area contributed by atoms with Crippen molar-refractivity contribution in [1.29, 1.82) is 0 Å². The summed E-state index contributed by atoms with van der Waals surface area (Å²) in [6.45, 7) is 0.938. The van der Waals surface area contributed by atoms with Gasteiger partial charge in [0.1, 0.15) is 0 Å². The largest absolute Gasteiger partial charge is 0.384 e. The Morgan fingerprint density at radius 1 is 1.20 bits per heavy atom. The Kier molecular flexibility index (Phi) is 5.46. The Labute approximate surface area is 129 Å². The second kappa shape index (κ2) is 6.91. The van der Waals surface area contributed by atoms with Crippen LogP contribution in [0.5, 0.6) is 0 Å². The molecule has 0 aromatic heterocycles. The minimum atomic E-state index is -3.64. The average Bonchev–Trinajstić information content (AvgIpc) is 2.64. The molecule has 4 nitrogen and oxygen atoms in total. The quantitative estimate of drug-likeness (QED) is 0.807. The standard InChI is InChI=1S/C14H21BrN2O2S/c15-13-9-12(20(16,18)19)7-8-14(13)17-10-11-5-3-1-2-4-6-11/h7-9,11,17H,1-6,10H2,(H2,16,18,19). The van der Waals surface area contributed by atoms with Crippen molar-refractivity contribution in [2.45, 2.75) is 43.4 Å². The highest BCUT2D eigenvalue weighted by atomic mass is 79.9. The first-order chi connectivity index (χ1) is 9.47. The second-order valence-electron chi connectivity index (χ2n) is 5.43. The third-order valence-electron chi connectivity index (χ3n) is 3.83. The number of benzene rings is 1. The number of nitrogens with two attached hydrogens (primary N) is 1. The van der Waals surface area contributed by atoms with E-state index in [1.54, 1.807) is 12.1 Å². The van der Waals surface area contributed by atoms with Gasteiger partial charge in [-0.1, -0.05) is 25.7 Å². The van der Waals surface area contributed by atoms with Crippen molar-refractivity contribution in [2.24, 2.45) is 11.1 Å². The molecule has 0 unspecified atom stereocenters. The fourth-order valence-corrected chi connectivity index (χ4v) is 3.85. The fraction of sp³-hybridized carbons (Fsp3) is 0.571. The molecule has 1 aliphatic rings. The number of hydrogen-bond acceptors (Lipinski definition) is 3. The SMILES string of the molecule is NS(=O)(=O)c1ccc(NCC2CCCCCC2)c(Br)c1. The zero-order valence-corrected chi connectivity index (χ0v) is 13.8. The molecule has 3 N–H and O–H groups in total. The van der Waals surface area contributed by atoms with Gasteiger partial charge in [-0.15, -0.1) is 0 Å². The lowest BCUT2D eigenvalue weighted by Gasteiger charge is -2.16. The van der Waals surface area contributed by atoms with Crippen molar-refractivity contribution in [3.63, 3.8) is 0 Å². The van der Waals surface area contributed by atoms with E-state index in [9.17, 15) is 8.42 Å². The van der Waals surface area contributed by atoms with Crippen molar-refractivity contribution >= 4 is 31.6 Å². The van der Waals surface area contributed by atoms with E-state index in [1.807, 2.05) is 0 Å². The molecule has 1 saturated carbocycles. The third-order valence-corrected chi connectivity index (χ3v) is 5.39. The molecule has 0 amide bonds. The van der Waals surface area contributed by atoms with Gasteiger partial charge in [-0.05, 0) is 52.9 Å². The number of anilines is 1. The number of rotatable bonds is 4. The van der Waals surface area contributed by atoms with Gasteiger partial charge in [-0.25, -0.2) is 13.6 Å². The van der Waals surface area contributed by atoms with Gasteiger partial charge in [-0.3, -0.25) is 0 Å². The van der Waals surface area contributed by atoms with Crippen LogP contribution in [-0.4, -0.2) is 15.0 Å². The van der Waals surface area contributed by atoms with E-state index in [0.29, 0.717) is 5.92 Å². The lowest BCUT2D eigenvalue weighted by atomic mass is 10.0. The molecular formula is C14H21BrN2O2S. The predicted molar refractivity (Wildman–Crippen MR) is 85.2 cm³/mol. The topological polar surface area (TPSA) is 72.2 Å². The first kappa shape index (κ1) is 15.8. The highest BCUT2D eigenvalue weighted by Crippen LogP contribution is 2.27. The highest BCUT2D eigenvalue weighted by molar-refractivity contribution is 9.10. The molecule has 6 heteroatoms. The van der Waals surface area contributed by atoms with Crippen molar-refractivity contribution < 1.29 is 8.42 Å². The molecule has 0 saturated heterocycles. The van der Waals surface area contributed by atoms with E-state index in [1.165, 1.54) is 44.6 Å². The third kappa shape index (κ3) is 4.46. The Bertz CT molecular complexity index is 552. The van der Waals surface area contributed by atoms with Gasteiger partial charge < -0.3 is 5.32 Å². The molecule has 1 aromatic carbocycles. The molecule has 0 heterocycles. The van der Waals surface area contributed by atoms with E-state index >= 15 is 0 Å². The van der Waals surface area contributed by atoms with Crippen LogP contribution in [0.15, 0.2) is 27.6 Å². The van der Waals surface area contributed by atoms with Crippen LogP contribution in [0.2, 0.25) is 0 Å². The van der Waals surface area contributed by atoms with Crippen molar-refractivity contribution in [2.75, 3.05) is 11.9 Å². The van der Waals surface area contributed by atoms with Crippen LogP contribution in [0.25, 0.3) is 0 Å². The Balaban J connectivity index is 1.99. The first-order valence-electron chi connectivity index (χ1n) is 7.03. The average molecular weight is 361 g/mol. The lowest BCUT2D eigenvalue weighted by Crippen LogP contribution is -2.15. The maximum Gasteiger partial charge on any atom is 0.238 e. The zero-order chi connectivity index (χ0) is 14.6. The normalized spacial score (nSPS) is 17.7. The van der Waals surface area contributed by atoms with Crippen LogP contribution in [0.4, 0.5) is 5.69 Å². The number of hydrogen-bond donors (Lipinski definition) is 2. The Morgan fingerprint density at radius 2 is 1.85 bits per heavy atom. The van der Waals surface area contributed by atoms with E-state index in [0.717, 1.165) is 16.7 Å². The van der Waals surface area contributed by atoms with Gasteiger partial charge >= 0.3 is 0 Å². The summed E-state index contributed by atoms with van der Waals surface area (Å²) in [5.41, 5.74) is 0.918. The molecule has 2 rings (SSSR count). The summed E-state index contributed by atoms with van der Waals surface area (Å²) < 4.78 is 23.3. The molecule has 1 fully saturated rings. The predicted octanol–water partition coefficient (Wildman–Crippen LogP) is 3.48. The van der Waals surface area contributed by atoms with Gasteiger partial charge in [0.2, 0.25) is 10.0 Å². The smallest absolute Gasteiger partial charge is 0.238 e. The van der Waals surface area contributed by atoms with Crippen LogP contribution in [0, 0.1) is 5.92 Å². The van der Waals surface area contributed by atoms with Gasteiger partial charge in [0.25, 0.3) is 0 Å².